The summed E-state index contributed by atoms with van der Waals surface area (Å²) in [5.74, 6) is 3.53. The summed E-state index contributed by atoms with van der Waals surface area (Å²) in [5, 5.41) is 6.60. The molecule has 1 saturated heterocycles. The molecule has 5 aliphatic rings. The number of imidazole rings is 2. The van der Waals surface area contributed by atoms with Gasteiger partial charge in [0, 0.05) is 78.6 Å². The first kappa shape index (κ1) is 52.1. The van der Waals surface area contributed by atoms with Crippen molar-refractivity contribution in [3.05, 3.63) is 107 Å². The Labute approximate surface area is 440 Å². The first-order valence-electron chi connectivity index (χ1n) is 24.0. The van der Waals surface area contributed by atoms with Gasteiger partial charge in [0.25, 0.3) is 0 Å². The molecule has 12 rings (SSSR count). The van der Waals surface area contributed by atoms with Gasteiger partial charge in [0.1, 0.15) is 11.6 Å². The number of benzene rings is 1. The molecule has 8 heterocycles. The van der Waals surface area contributed by atoms with E-state index in [4.69, 9.17) is 9.31 Å². The highest BCUT2D eigenvalue weighted by atomic mass is 79.9. The van der Waals surface area contributed by atoms with Crippen LogP contribution in [0.5, 0.6) is 0 Å². The lowest BCUT2D eigenvalue weighted by Crippen LogP contribution is -2.41. The lowest BCUT2D eigenvalue weighted by Gasteiger charge is -2.32. The van der Waals surface area contributed by atoms with Crippen molar-refractivity contribution >= 4 is 118 Å². The predicted octanol–water partition coefficient (Wildman–Crippen LogP) is 11.3. The van der Waals surface area contributed by atoms with Crippen molar-refractivity contribution in [2.45, 2.75) is 111 Å². The van der Waals surface area contributed by atoms with Crippen molar-refractivity contribution in [2.75, 3.05) is 16.0 Å². The molecular formula is C52H59BBr3N11O4. The van der Waals surface area contributed by atoms with Crippen molar-refractivity contribution in [2.24, 2.45) is 22.7 Å². The van der Waals surface area contributed by atoms with E-state index in [1.165, 1.54) is 57.7 Å². The van der Waals surface area contributed by atoms with Gasteiger partial charge in [-0.25, -0.2) is 24.9 Å². The van der Waals surface area contributed by atoms with E-state index in [0.29, 0.717) is 11.6 Å². The standard InChI is InChI=1S/C18H18N4O.C13H19BN2O3.C10H10BrN3.C7H5BrN2.C4H7Br/c1-12(23)21-18-9-15(6-7-19-18)14-4-5-16-17(8-14)22(11-20-16)10-13-2-3-13;1-9(17)16-11-8-10(6-7-15-11)14-18-12(2,3)13(4,5)19-14;11-8-3-9-10(12-4-8)13-6-14(9)5-7-1-2-7;8-5-3-7-6(10-4-5)1-2-9-7;5-3-4-1-2-4/h4-9,11,13H,2-3,10H2,1H3,(H,19,21,23);6-8H,1-5H3,(H,15,16,17);3-4,6-7H,1-2,5H2;2-4H,1H2;4H,1-3H2. The number of halogens is 3. The molecule has 370 valence electrons. The molecule has 1 aromatic carbocycles. The number of nitrogens with zero attached hydrogens (tertiary/aromatic N) is 9. The van der Waals surface area contributed by atoms with Crippen LogP contribution in [0.1, 0.15) is 85.8 Å². The summed E-state index contributed by atoms with van der Waals surface area (Å²) in [6.45, 7) is 13.1. The zero-order valence-electron chi connectivity index (χ0n) is 40.9. The van der Waals surface area contributed by atoms with Crippen LogP contribution in [0.15, 0.2) is 106 Å². The van der Waals surface area contributed by atoms with E-state index in [2.05, 4.69) is 121 Å². The number of carbonyl (C=O) groups is 2. The number of pyridine rings is 4. The molecular weight excluding hydrogens is 1090 g/mol. The maximum absolute atomic E-state index is 11.2. The van der Waals surface area contributed by atoms with Gasteiger partial charge < -0.3 is 29.1 Å². The van der Waals surface area contributed by atoms with Gasteiger partial charge in [-0.2, -0.15) is 0 Å². The summed E-state index contributed by atoms with van der Waals surface area (Å²) in [7, 11) is -0.444. The molecule has 0 atom stereocenters. The average molecular weight is 1150 g/mol. The largest absolute Gasteiger partial charge is 0.495 e. The Kier molecular flexibility index (Phi) is 17.0. The number of hydrogen-bond acceptors (Lipinski definition) is 11. The highest BCUT2D eigenvalue weighted by Crippen LogP contribution is 2.37. The highest BCUT2D eigenvalue weighted by Gasteiger charge is 2.51. The van der Waals surface area contributed by atoms with Crippen LogP contribution < -0.4 is 16.1 Å². The SMILES string of the molecule is BrCC1CC1.Brc1cnc2c(c1)N=CC2.Brc1cnc2ncn(CC3CC3)c2c1.CC(=O)Nc1cc(-c2ccc3ncn(CC4CC4)c3c2)ccn1.CC(=O)Nc1cc(B2OC(C)(C)C(C)(C)O2)ccn1. The number of amides is 2. The second-order valence-corrected chi connectivity index (χ2v) is 21.9. The third kappa shape index (κ3) is 14.7. The smallest absolute Gasteiger partial charge is 0.399 e. The molecule has 71 heavy (non-hydrogen) atoms. The Balaban J connectivity index is 0.000000127. The third-order valence-electron chi connectivity index (χ3n) is 12.7. The molecule has 4 fully saturated rings. The Morgan fingerprint density at radius 1 is 0.676 bits per heavy atom. The van der Waals surface area contributed by atoms with Crippen LogP contribution in [-0.4, -0.2) is 80.7 Å². The number of anilines is 2. The van der Waals surface area contributed by atoms with Crippen molar-refractivity contribution in [1.29, 1.82) is 0 Å². The third-order valence-corrected chi connectivity index (χ3v) is 14.5. The molecule has 6 aromatic heterocycles. The van der Waals surface area contributed by atoms with E-state index in [-0.39, 0.29) is 23.0 Å². The minimum Gasteiger partial charge on any atom is -0.399 e. The average Bonchev–Trinajstić information content (AvgIpc) is 4.30. The molecule has 3 saturated carbocycles. The minimum absolute atomic E-state index is 0.118. The van der Waals surface area contributed by atoms with Crippen molar-refractivity contribution in [3.63, 3.8) is 0 Å². The molecule has 0 unspecified atom stereocenters. The molecule has 0 spiro atoms. The van der Waals surface area contributed by atoms with Crippen molar-refractivity contribution in [3.8, 4) is 11.1 Å². The second kappa shape index (κ2) is 23.1. The summed E-state index contributed by atoms with van der Waals surface area (Å²) >= 11 is 10.1. The number of alkyl halides is 1. The Hall–Kier alpha value is -5.21. The lowest BCUT2D eigenvalue weighted by molar-refractivity contribution is -0.115. The van der Waals surface area contributed by atoms with Crippen molar-refractivity contribution in [1.82, 2.24) is 39.0 Å². The molecule has 7 aromatic rings. The molecule has 2 N–H and O–H groups in total. The van der Waals surface area contributed by atoms with Gasteiger partial charge in [-0.1, -0.05) is 22.0 Å². The second-order valence-electron chi connectivity index (χ2n) is 19.5. The van der Waals surface area contributed by atoms with E-state index in [0.717, 1.165) is 96.4 Å². The quantitative estimate of drug-likeness (QED) is 0.104. The van der Waals surface area contributed by atoms with Gasteiger partial charge in [0.2, 0.25) is 11.8 Å². The fraction of sp³-hybridized carbons (Fsp3) is 0.404. The van der Waals surface area contributed by atoms with Crippen molar-refractivity contribution < 1.29 is 18.9 Å². The number of rotatable bonds is 9. The van der Waals surface area contributed by atoms with Crippen LogP contribution in [0.25, 0.3) is 33.3 Å². The van der Waals surface area contributed by atoms with E-state index in [9.17, 15) is 9.59 Å². The van der Waals surface area contributed by atoms with Gasteiger partial charge in [-0.15, -0.1) is 0 Å². The minimum atomic E-state index is -0.444. The number of carbonyl (C=O) groups excluding carboxylic acids is 2. The number of hydrogen-bond donors (Lipinski definition) is 2. The van der Waals surface area contributed by atoms with E-state index >= 15 is 0 Å². The number of nitrogens with one attached hydrogen (secondary N) is 2. The first-order chi connectivity index (χ1) is 34.0. The fourth-order valence-corrected chi connectivity index (χ4v) is 8.80. The van der Waals surface area contributed by atoms with Crippen LogP contribution in [-0.2, 0) is 38.4 Å². The van der Waals surface area contributed by atoms with Crippen LogP contribution in [0, 0.1) is 17.8 Å². The van der Waals surface area contributed by atoms with Crippen LogP contribution in [0.2, 0.25) is 0 Å². The lowest BCUT2D eigenvalue weighted by atomic mass is 9.80. The van der Waals surface area contributed by atoms with Gasteiger partial charge in [0.15, 0.2) is 5.65 Å². The molecule has 0 radical (unpaired) electrons. The Bertz CT molecular complexity index is 3010. The summed E-state index contributed by atoms with van der Waals surface area (Å²) in [5.41, 5.74) is 8.44. The summed E-state index contributed by atoms with van der Waals surface area (Å²) in [6, 6.07) is 17.8. The predicted molar refractivity (Wildman–Crippen MR) is 293 cm³/mol. The summed E-state index contributed by atoms with van der Waals surface area (Å²) < 4.78 is 18.3. The monoisotopic (exact) mass is 1150 g/mol. The van der Waals surface area contributed by atoms with E-state index in [1.807, 2.05) is 76.9 Å². The van der Waals surface area contributed by atoms with E-state index in [1.54, 1.807) is 30.9 Å². The Morgan fingerprint density at radius 3 is 1.87 bits per heavy atom. The van der Waals surface area contributed by atoms with Gasteiger partial charge in [-0.3, -0.25) is 19.6 Å². The fourth-order valence-electron chi connectivity index (χ4n) is 7.51. The highest BCUT2D eigenvalue weighted by molar-refractivity contribution is 9.10. The maximum Gasteiger partial charge on any atom is 0.495 e. The molecule has 0 bridgehead atoms. The first-order valence-corrected chi connectivity index (χ1v) is 26.7. The van der Waals surface area contributed by atoms with Gasteiger partial charge >= 0.3 is 7.12 Å². The van der Waals surface area contributed by atoms with Gasteiger partial charge in [0.05, 0.1) is 51.8 Å². The van der Waals surface area contributed by atoms with E-state index < -0.39 is 7.12 Å². The summed E-state index contributed by atoms with van der Waals surface area (Å²) in [6.07, 6.45) is 21.8. The van der Waals surface area contributed by atoms with Crippen LogP contribution in [0.4, 0.5) is 17.3 Å². The van der Waals surface area contributed by atoms with Crippen LogP contribution in [0.3, 0.4) is 0 Å². The molecule has 19 heteroatoms. The number of aromatic nitrogens is 8. The molecule has 2 amide bonds. The topological polar surface area (TPSA) is 176 Å². The number of aliphatic imine (C=N–C) groups is 1. The normalized spacial score (nSPS) is 16.8. The molecule has 15 nitrogen and oxygen atoms in total. The number of fused-ring (bicyclic) bond motifs is 3. The summed E-state index contributed by atoms with van der Waals surface area (Å²) in [4.78, 5) is 51.8. The zero-order valence-corrected chi connectivity index (χ0v) is 45.7. The maximum atomic E-state index is 11.2. The van der Waals surface area contributed by atoms with Crippen LogP contribution >= 0.6 is 47.8 Å². The zero-order chi connectivity index (χ0) is 50.3. The van der Waals surface area contributed by atoms with Gasteiger partial charge in [-0.05, 0) is 181 Å². The Morgan fingerprint density at radius 2 is 1.25 bits per heavy atom. The molecule has 3 aliphatic carbocycles. The molecule has 2 aliphatic heterocycles.